The second-order valence-corrected chi connectivity index (χ2v) is 6.01. The summed E-state index contributed by atoms with van der Waals surface area (Å²) in [6, 6.07) is 2.33. The summed E-state index contributed by atoms with van der Waals surface area (Å²) in [4.78, 5) is 9.01. The minimum atomic E-state index is 0.153. The molecule has 1 atom stereocenters. The molecular formula is C16H25N5. The number of likely N-dealkylation sites (N-methyl/N-ethyl adjacent to an activating group) is 1. The van der Waals surface area contributed by atoms with Crippen LogP contribution in [0.3, 0.4) is 0 Å². The van der Waals surface area contributed by atoms with Crippen LogP contribution in [-0.2, 0) is 13.0 Å². The van der Waals surface area contributed by atoms with Gasteiger partial charge in [0.1, 0.15) is 12.2 Å². The molecule has 0 amide bonds. The molecule has 0 spiro atoms. The Balaban J connectivity index is 2.21. The van der Waals surface area contributed by atoms with E-state index in [2.05, 4.69) is 54.1 Å². The summed E-state index contributed by atoms with van der Waals surface area (Å²) < 4.78 is 2.00. The van der Waals surface area contributed by atoms with Crippen molar-refractivity contribution in [1.29, 1.82) is 0 Å². The van der Waals surface area contributed by atoms with Crippen LogP contribution in [0.1, 0.15) is 42.5 Å². The fourth-order valence-electron chi connectivity index (χ4n) is 2.55. The van der Waals surface area contributed by atoms with Crippen molar-refractivity contribution >= 4 is 0 Å². The van der Waals surface area contributed by atoms with Gasteiger partial charge in [-0.25, -0.2) is 9.67 Å². The molecule has 0 aliphatic rings. The van der Waals surface area contributed by atoms with Crippen LogP contribution in [0.5, 0.6) is 0 Å². The van der Waals surface area contributed by atoms with Gasteiger partial charge in [-0.1, -0.05) is 19.9 Å². The van der Waals surface area contributed by atoms with Crippen molar-refractivity contribution in [2.45, 2.75) is 46.7 Å². The minimum absolute atomic E-state index is 0.153. The van der Waals surface area contributed by atoms with E-state index in [1.54, 1.807) is 6.33 Å². The lowest BCUT2D eigenvalue weighted by Gasteiger charge is -2.18. The number of aryl methyl sites for hydroxylation is 2. The molecule has 2 rings (SSSR count). The van der Waals surface area contributed by atoms with E-state index in [-0.39, 0.29) is 6.04 Å². The number of nitrogens with one attached hydrogen (secondary N) is 1. The van der Waals surface area contributed by atoms with Gasteiger partial charge in [0.2, 0.25) is 0 Å². The maximum absolute atomic E-state index is 4.60. The summed E-state index contributed by atoms with van der Waals surface area (Å²) in [7, 11) is 1.97. The first-order chi connectivity index (χ1) is 10.0. The highest BCUT2D eigenvalue weighted by Crippen LogP contribution is 2.19. The Labute approximate surface area is 126 Å². The van der Waals surface area contributed by atoms with Crippen molar-refractivity contribution in [3.8, 4) is 0 Å². The Kier molecular flexibility index (Phi) is 5.07. The van der Waals surface area contributed by atoms with Crippen LogP contribution in [-0.4, -0.2) is 26.8 Å². The van der Waals surface area contributed by atoms with E-state index in [0.29, 0.717) is 5.92 Å². The minimum Gasteiger partial charge on any atom is -0.311 e. The first kappa shape index (κ1) is 15.6. The van der Waals surface area contributed by atoms with E-state index < -0.39 is 0 Å². The molecule has 0 radical (unpaired) electrons. The van der Waals surface area contributed by atoms with Crippen LogP contribution >= 0.6 is 0 Å². The molecule has 0 fully saturated rings. The van der Waals surface area contributed by atoms with Crippen LogP contribution in [0, 0.1) is 19.8 Å². The topological polar surface area (TPSA) is 55.6 Å². The fraction of sp³-hybridized carbons (Fsp3) is 0.562. The van der Waals surface area contributed by atoms with Gasteiger partial charge in [-0.15, -0.1) is 0 Å². The van der Waals surface area contributed by atoms with E-state index in [4.69, 9.17) is 0 Å². The molecule has 0 aliphatic carbocycles. The van der Waals surface area contributed by atoms with Crippen molar-refractivity contribution in [3.05, 3.63) is 41.2 Å². The van der Waals surface area contributed by atoms with Gasteiger partial charge in [-0.2, -0.15) is 5.10 Å². The molecule has 114 valence electrons. The zero-order chi connectivity index (χ0) is 15.4. The molecule has 5 heteroatoms. The molecule has 0 aliphatic heterocycles. The quantitative estimate of drug-likeness (QED) is 0.886. The summed E-state index contributed by atoms with van der Waals surface area (Å²) in [5.74, 6) is 1.56. The first-order valence-corrected chi connectivity index (χ1v) is 7.48. The van der Waals surface area contributed by atoms with Gasteiger partial charge >= 0.3 is 0 Å². The molecule has 2 aromatic rings. The molecule has 0 saturated carbocycles. The number of hydrogen-bond donors (Lipinski definition) is 1. The Morgan fingerprint density at radius 1 is 1.24 bits per heavy atom. The Bertz CT molecular complexity index is 588. The lowest BCUT2D eigenvalue weighted by Crippen LogP contribution is -2.23. The largest absolute Gasteiger partial charge is 0.311 e. The predicted octanol–water partition coefficient (Wildman–Crippen LogP) is 2.45. The zero-order valence-electron chi connectivity index (χ0n) is 13.6. The number of nitrogens with zero attached hydrogens (tertiary/aromatic N) is 4. The Morgan fingerprint density at radius 3 is 2.62 bits per heavy atom. The second-order valence-electron chi connectivity index (χ2n) is 6.01. The van der Waals surface area contributed by atoms with Crippen molar-refractivity contribution in [1.82, 2.24) is 25.1 Å². The van der Waals surface area contributed by atoms with Gasteiger partial charge in [-0.05, 0) is 37.9 Å². The van der Waals surface area contributed by atoms with Crippen LogP contribution in [0.15, 0.2) is 18.6 Å². The summed E-state index contributed by atoms with van der Waals surface area (Å²) >= 11 is 0. The third kappa shape index (κ3) is 3.88. The molecule has 21 heavy (non-hydrogen) atoms. The molecule has 0 aromatic carbocycles. The van der Waals surface area contributed by atoms with E-state index in [1.807, 2.05) is 17.9 Å². The molecule has 1 N–H and O–H groups in total. The van der Waals surface area contributed by atoms with Gasteiger partial charge in [-0.3, -0.25) is 4.98 Å². The lowest BCUT2D eigenvalue weighted by molar-refractivity contribution is 0.449. The Morgan fingerprint density at radius 2 is 2.00 bits per heavy atom. The predicted molar refractivity (Wildman–Crippen MR) is 84.1 cm³/mol. The van der Waals surface area contributed by atoms with Gasteiger partial charge in [0.15, 0.2) is 0 Å². The van der Waals surface area contributed by atoms with Gasteiger partial charge in [0.25, 0.3) is 0 Å². The SMILES string of the molecule is CNC(Cc1ncnn1CC(C)C)c1ncc(C)cc1C. The lowest BCUT2D eigenvalue weighted by atomic mass is 10.0. The molecule has 0 bridgehead atoms. The van der Waals surface area contributed by atoms with Crippen molar-refractivity contribution in [2.75, 3.05) is 7.05 Å². The molecule has 1 unspecified atom stereocenters. The number of pyridine rings is 1. The molecule has 2 aromatic heterocycles. The van der Waals surface area contributed by atoms with Gasteiger partial charge in [0, 0.05) is 19.2 Å². The third-order valence-electron chi connectivity index (χ3n) is 3.55. The number of hydrogen-bond acceptors (Lipinski definition) is 4. The van der Waals surface area contributed by atoms with E-state index >= 15 is 0 Å². The molecule has 2 heterocycles. The molecule has 5 nitrogen and oxygen atoms in total. The number of rotatable bonds is 6. The first-order valence-electron chi connectivity index (χ1n) is 7.48. The Hall–Kier alpha value is -1.75. The summed E-state index contributed by atoms with van der Waals surface area (Å²) in [5.41, 5.74) is 3.49. The third-order valence-corrected chi connectivity index (χ3v) is 3.55. The number of aromatic nitrogens is 4. The average Bonchev–Trinajstić information content (AvgIpc) is 2.83. The van der Waals surface area contributed by atoms with E-state index in [0.717, 1.165) is 24.5 Å². The van der Waals surface area contributed by atoms with E-state index in [9.17, 15) is 0 Å². The zero-order valence-corrected chi connectivity index (χ0v) is 13.6. The maximum Gasteiger partial charge on any atom is 0.138 e. The highest BCUT2D eigenvalue weighted by atomic mass is 15.3. The second kappa shape index (κ2) is 6.80. The van der Waals surface area contributed by atoms with Crippen molar-refractivity contribution in [3.63, 3.8) is 0 Å². The summed E-state index contributed by atoms with van der Waals surface area (Å²) in [6.45, 7) is 9.45. The normalized spacial score (nSPS) is 12.9. The van der Waals surface area contributed by atoms with Crippen LogP contribution in [0.4, 0.5) is 0 Å². The smallest absolute Gasteiger partial charge is 0.138 e. The van der Waals surface area contributed by atoms with Gasteiger partial charge < -0.3 is 5.32 Å². The van der Waals surface area contributed by atoms with Crippen LogP contribution in [0.25, 0.3) is 0 Å². The average molecular weight is 287 g/mol. The van der Waals surface area contributed by atoms with E-state index in [1.165, 1.54) is 11.1 Å². The standard InChI is InChI=1S/C16H25N5/c1-11(2)9-21-15(19-10-20-21)7-14(17-5)16-13(4)6-12(3)8-18-16/h6,8,10-11,14,17H,7,9H2,1-5H3. The monoisotopic (exact) mass is 287 g/mol. The molecular weight excluding hydrogens is 262 g/mol. The highest BCUT2D eigenvalue weighted by Gasteiger charge is 2.17. The fourth-order valence-corrected chi connectivity index (χ4v) is 2.55. The van der Waals surface area contributed by atoms with Crippen LogP contribution < -0.4 is 5.32 Å². The van der Waals surface area contributed by atoms with Gasteiger partial charge in [0.05, 0.1) is 11.7 Å². The van der Waals surface area contributed by atoms with Crippen molar-refractivity contribution < 1.29 is 0 Å². The van der Waals surface area contributed by atoms with Crippen molar-refractivity contribution in [2.24, 2.45) is 5.92 Å². The summed E-state index contributed by atoms with van der Waals surface area (Å²) in [5, 5.41) is 7.69. The maximum atomic E-state index is 4.60. The molecule has 0 saturated heterocycles. The highest BCUT2D eigenvalue weighted by molar-refractivity contribution is 5.26. The summed E-state index contributed by atoms with van der Waals surface area (Å²) in [6.07, 6.45) is 4.35. The van der Waals surface area contributed by atoms with Crippen LogP contribution in [0.2, 0.25) is 0 Å².